The van der Waals surface area contributed by atoms with Gasteiger partial charge in [0.25, 0.3) is 0 Å². The first-order chi connectivity index (χ1) is 13.2. The normalized spacial score (nSPS) is 14.2. The molecule has 2 heterocycles. The number of aryl methyl sites for hydroxylation is 2. The Kier molecular flexibility index (Phi) is 5.03. The summed E-state index contributed by atoms with van der Waals surface area (Å²) in [4.78, 5) is 11.9. The van der Waals surface area contributed by atoms with Crippen molar-refractivity contribution in [2.45, 2.75) is 13.8 Å². The molecule has 1 aromatic heterocycles. The van der Waals surface area contributed by atoms with Crippen LogP contribution >= 0.6 is 0 Å². The summed E-state index contributed by atoms with van der Waals surface area (Å²) in [6.07, 6.45) is 0. The van der Waals surface area contributed by atoms with Gasteiger partial charge in [0, 0.05) is 30.4 Å². The first-order valence-electron chi connectivity index (χ1n) is 9.30. The zero-order chi connectivity index (χ0) is 18.6. The molecule has 138 valence electrons. The molecule has 1 N–H and O–H groups in total. The van der Waals surface area contributed by atoms with E-state index >= 15 is 0 Å². The van der Waals surface area contributed by atoms with Gasteiger partial charge in [-0.15, -0.1) is 0 Å². The molecule has 1 aliphatic heterocycles. The first-order valence-corrected chi connectivity index (χ1v) is 9.30. The van der Waals surface area contributed by atoms with Crippen LogP contribution in [0.4, 0.5) is 17.3 Å². The molecule has 1 aliphatic rings. The molecule has 4 rings (SSSR count). The van der Waals surface area contributed by atoms with Gasteiger partial charge < -0.3 is 15.0 Å². The fraction of sp³-hybridized carbons (Fsp3) is 0.273. The fourth-order valence-corrected chi connectivity index (χ4v) is 3.36. The van der Waals surface area contributed by atoms with Crippen LogP contribution in [-0.2, 0) is 4.74 Å². The van der Waals surface area contributed by atoms with Crippen LogP contribution in [0.3, 0.4) is 0 Å². The number of nitrogens with zero attached hydrogens (tertiary/aromatic N) is 3. The van der Waals surface area contributed by atoms with E-state index in [4.69, 9.17) is 14.7 Å². The highest BCUT2D eigenvalue weighted by molar-refractivity contribution is 5.66. The Balaban J connectivity index is 1.73. The van der Waals surface area contributed by atoms with Gasteiger partial charge in [0.05, 0.1) is 13.2 Å². The van der Waals surface area contributed by atoms with Gasteiger partial charge in [0.1, 0.15) is 11.6 Å². The maximum Gasteiger partial charge on any atom is 0.163 e. The van der Waals surface area contributed by atoms with Gasteiger partial charge in [-0.3, -0.25) is 0 Å². The van der Waals surface area contributed by atoms with Crippen LogP contribution in [0.1, 0.15) is 11.1 Å². The lowest BCUT2D eigenvalue weighted by Crippen LogP contribution is -2.36. The molecule has 0 radical (unpaired) electrons. The molecule has 0 atom stereocenters. The Morgan fingerprint density at radius 2 is 1.59 bits per heavy atom. The minimum absolute atomic E-state index is 0.727. The second-order valence-corrected chi connectivity index (χ2v) is 6.90. The van der Waals surface area contributed by atoms with Gasteiger partial charge in [0.15, 0.2) is 5.82 Å². The Morgan fingerprint density at radius 3 is 2.30 bits per heavy atom. The van der Waals surface area contributed by atoms with Gasteiger partial charge in [0.2, 0.25) is 0 Å². The van der Waals surface area contributed by atoms with Crippen LogP contribution in [0.2, 0.25) is 0 Å². The smallest absolute Gasteiger partial charge is 0.163 e. The van der Waals surface area contributed by atoms with Crippen molar-refractivity contribution in [2.24, 2.45) is 0 Å². The number of hydrogen-bond acceptors (Lipinski definition) is 5. The summed E-state index contributed by atoms with van der Waals surface area (Å²) >= 11 is 0. The van der Waals surface area contributed by atoms with Crippen molar-refractivity contribution in [3.63, 3.8) is 0 Å². The van der Waals surface area contributed by atoms with E-state index in [1.54, 1.807) is 0 Å². The third-order valence-electron chi connectivity index (χ3n) is 4.57. The average Bonchev–Trinajstić information content (AvgIpc) is 2.68. The maximum atomic E-state index is 5.49. The lowest BCUT2D eigenvalue weighted by atomic mass is 10.1. The molecule has 5 heteroatoms. The molecular weight excluding hydrogens is 336 g/mol. The van der Waals surface area contributed by atoms with Crippen molar-refractivity contribution in [1.82, 2.24) is 9.97 Å². The number of benzene rings is 2. The predicted octanol–water partition coefficient (Wildman–Crippen LogP) is 4.34. The van der Waals surface area contributed by atoms with Gasteiger partial charge in [-0.05, 0) is 37.1 Å². The summed E-state index contributed by atoms with van der Waals surface area (Å²) in [5.74, 6) is 2.46. The lowest BCUT2D eigenvalue weighted by molar-refractivity contribution is 0.122. The SMILES string of the molecule is Cc1cc(C)cc(Nc2cc(N3CCOCC3)nc(-c3ccccc3)n2)c1. The van der Waals surface area contributed by atoms with Crippen LogP contribution in [0.5, 0.6) is 0 Å². The standard InChI is InChI=1S/C22H24N4O/c1-16-12-17(2)14-19(13-16)23-20-15-21(26-8-10-27-11-9-26)25-22(24-20)18-6-4-3-5-7-18/h3-7,12-15H,8-11H2,1-2H3,(H,23,24,25). The minimum Gasteiger partial charge on any atom is -0.378 e. The molecule has 0 spiro atoms. The van der Waals surface area contributed by atoms with Crippen molar-refractivity contribution >= 4 is 17.3 Å². The van der Waals surface area contributed by atoms with E-state index in [-0.39, 0.29) is 0 Å². The topological polar surface area (TPSA) is 50.3 Å². The summed E-state index contributed by atoms with van der Waals surface area (Å²) in [6.45, 7) is 7.34. The van der Waals surface area contributed by atoms with E-state index in [1.807, 2.05) is 36.4 Å². The van der Waals surface area contributed by atoms with E-state index in [2.05, 4.69) is 42.3 Å². The number of anilines is 3. The van der Waals surface area contributed by atoms with Gasteiger partial charge in [-0.1, -0.05) is 36.4 Å². The molecule has 0 unspecified atom stereocenters. The zero-order valence-corrected chi connectivity index (χ0v) is 15.8. The van der Waals surface area contributed by atoms with Crippen molar-refractivity contribution in [1.29, 1.82) is 0 Å². The van der Waals surface area contributed by atoms with Crippen LogP contribution in [0.15, 0.2) is 54.6 Å². The highest BCUT2D eigenvalue weighted by Crippen LogP contribution is 2.26. The second kappa shape index (κ2) is 7.76. The van der Waals surface area contributed by atoms with Crippen LogP contribution in [-0.4, -0.2) is 36.3 Å². The molecule has 1 fully saturated rings. The molecule has 0 saturated carbocycles. The molecule has 0 bridgehead atoms. The van der Waals surface area contributed by atoms with E-state index < -0.39 is 0 Å². The van der Waals surface area contributed by atoms with Crippen molar-refractivity contribution in [2.75, 3.05) is 36.5 Å². The van der Waals surface area contributed by atoms with E-state index in [0.29, 0.717) is 0 Å². The minimum atomic E-state index is 0.727. The number of ether oxygens (including phenoxy) is 1. The van der Waals surface area contributed by atoms with Gasteiger partial charge in [-0.2, -0.15) is 0 Å². The monoisotopic (exact) mass is 360 g/mol. The van der Waals surface area contributed by atoms with Gasteiger partial charge in [-0.25, -0.2) is 9.97 Å². The van der Waals surface area contributed by atoms with Gasteiger partial charge >= 0.3 is 0 Å². The number of aromatic nitrogens is 2. The maximum absolute atomic E-state index is 5.49. The Hall–Kier alpha value is -2.92. The molecule has 3 aromatic rings. The summed E-state index contributed by atoms with van der Waals surface area (Å²) < 4.78 is 5.49. The average molecular weight is 360 g/mol. The van der Waals surface area contributed by atoms with Crippen LogP contribution < -0.4 is 10.2 Å². The van der Waals surface area contributed by atoms with E-state index in [9.17, 15) is 0 Å². The highest BCUT2D eigenvalue weighted by atomic mass is 16.5. The first kappa shape index (κ1) is 17.5. The predicted molar refractivity (Wildman–Crippen MR) is 110 cm³/mol. The van der Waals surface area contributed by atoms with Crippen LogP contribution in [0, 0.1) is 13.8 Å². The van der Waals surface area contributed by atoms with E-state index in [0.717, 1.165) is 55.0 Å². The Labute approximate surface area is 160 Å². The lowest BCUT2D eigenvalue weighted by Gasteiger charge is -2.28. The third kappa shape index (κ3) is 4.26. The Morgan fingerprint density at radius 1 is 0.889 bits per heavy atom. The molecule has 0 amide bonds. The largest absolute Gasteiger partial charge is 0.378 e. The summed E-state index contributed by atoms with van der Waals surface area (Å²) in [7, 11) is 0. The van der Waals surface area contributed by atoms with Crippen molar-refractivity contribution in [3.05, 3.63) is 65.7 Å². The summed E-state index contributed by atoms with van der Waals surface area (Å²) in [6, 6.07) is 18.6. The van der Waals surface area contributed by atoms with Crippen LogP contribution in [0.25, 0.3) is 11.4 Å². The number of nitrogens with one attached hydrogen (secondary N) is 1. The quantitative estimate of drug-likeness (QED) is 0.750. The molecule has 1 saturated heterocycles. The highest BCUT2D eigenvalue weighted by Gasteiger charge is 2.16. The molecule has 2 aromatic carbocycles. The molecule has 0 aliphatic carbocycles. The number of morpholine rings is 1. The van der Waals surface area contributed by atoms with Crippen molar-refractivity contribution < 1.29 is 4.74 Å². The third-order valence-corrected chi connectivity index (χ3v) is 4.57. The second-order valence-electron chi connectivity index (χ2n) is 6.90. The summed E-state index contributed by atoms with van der Waals surface area (Å²) in [5.41, 5.74) is 4.50. The van der Waals surface area contributed by atoms with E-state index in [1.165, 1.54) is 11.1 Å². The molecule has 27 heavy (non-hydrogen) atoms. The number of rotatable bonds is 4. The molecular formula is C22H24N4O. The summed E-state index contributed by atoms with van der Waals surface area (Å²) in [5, 5.41) is 3.47. The molecule has 5 nitrogen and oxygen atoms in total. The Bertz CT molecular complexity index is 901. The number of hydrogen-bond donors (Lipinski definition) is 1. The fourth-order valence-electron chi connectivity index (χ4n) is 3.36. The zero-order valence-electron chi connectivity index (χ0n) is 15.8. The van der Waals surface area contributed by atoms with Crippen molar-refractivity contribution in [3.8, 4) is 11.4 Å².